The van der Waals surface area contributed by atoms with Gasteiger partial charge in [0.1, 0.15) is 0 Å². The normalized spacial score (nSPS) is 10.8. The molecule has 0 atom stereocenters. The molecule has 1 heterocycles. The first-order valence-corrected chi connectivity index (χ1v) is 8.75. The van der Waals surface area contributed by atoms with Crippen LogP contribution in [0.5, 0.6) is 0 Å². The molecule has 1 aromatic carbocycles. The lowest BCUT2D eigenvalue weighted by molar-refractivity contribution is -0.140. The third-order valence-electron chi connectivity index (χ3n) is 3.90. The number of ether oxygens (including phenoxy) is 1. The molecule has 0 amide bonds. The van der Waals surface area contributed by atoms with Gasteiger partial charge >= 0.3 is 5.97 Å². The summed E-state index contributed by atoms with van der Waals surface area (Å²) in [6.07, 6.45) is 10.5. The van der Waals surface area contributed by atoms with Crippen molar-refractivity contribution in [1.82, 2.24) is 4.98 Å². The van der Waals surface area contributed by atoms with Crippen molar-refractivity contribution in [3.63, 3.8) is 0 Å². The van der Waals surface area contributed by atoms with E-state index in [1.807, 2.05) is 24.4 Å². The minimum Gasteiger partial charge on any atom is -0.469 e. The molecule has 4 nitrogen and oxygen atoms in total. The molecule has 2 rings (SSSR count). The van der Waals surface area contributed by atoms with E-state index in [1.165, 1.54) is 7.11 Å². The second kappa shape index (κ2) is 11.0. The van der Waals surface area contributed by atoms with Gasteiger partial charge in [0.25, 0.3) is 0 Å². The highest BCUT2D eigenvalue weighted by Gasteiger charge is 2.01. The fraction of sp³-hybridized carbons (Fsp3) is 0.333. The number of hydrogen-bond acceptors (Lipinski definition) is 4. The largest absolute Gasteiger partial charge is 0.469 e. The predicted octanol–water partition coefficient (Wildman–Crippen LogP) is 4.48. The molecule has 132 valence electrons. The number of aryl methyl sites for hydroxylation is 1. The van der Waals surface area contributed by atoms with E-state index in [1.54, 1.807) is 0 Å². The number of anilines is 1. The summed E-state index contributed by atoms with van der Waals surface area (Å²) in [5, 5.41) is 3.43. The van der Waals surface area contributed by atoms with Crippen LogP contribution in [0.4, 0.5) is 5.69 Å². The van der Waals surface area contributed by atoms with E-state index in [0.29, 0.717) is 6.42 Å². The third-order valence-corrected chi connectivity index (χ3v) is 3.90. The molecule has 1 N–H and O–H groups in total. The maximum atomic E-state index is 11.1. The molecule has 0 radical (unpaired) electrons. The number of esters is 1. The fourth-order valence-electron chi connectivity index (χ4n) is 2.44. The first-order chi connectivity index (χ1) is 12.3. The summed E-state index contributed by atoms with van der Waals surface area (Å²) in [7, 11) is 1.42. The average Bonchev–Trinajstić information content (AvgIpc) is 2.67. The fourth-order valence-corrected chi connectivity index (χ4v) is 2.44. The summed E-state index contributed by atoms with van der Waals surface area (Å²) in [5.74, 6) is -0.167. The molecule has 0 unspecified atom stereocenters. The quantitative estimate of drug-likeness (QED) is 0.512. The highest BCUT2D eigenvalue weighted by molar-refractivity contribution is 5.69. The Morgan fingerprint density at radius 1 is 1.16 bits per heavy atom. The van der Waals surface area contributed by atoms with Gasteiger partial charge in [-0.05, 0) is 61.6 Å². The van der Waals surface area contributed by atoms with E-state index in [-0.39, 0.29) is 5.97 Å². The molecule has 0 spiro atoms. The van der Waals surface area contributed by atoms with E-state index < -0.39 is 0 Å². The number of aromatic nitrogens is 1. The second-order valence-electron chi connectivity index (χ2n) is 5.85. The number of methoxy groups -OCH3 is 1. The molecule has 1 aromatic heterocycles. The van der Waals surface area contributed by atoms with Crippen molar-refractivity contribution in [3.05, 3.63) is 66.0 Å². The molecule has 0 aliphatic carbocycles. The minimum atomic E-state index is -0.167. The number of carbonyl (C=O) groups excluding carboxylic acids is 1. The van der Waals surface area contributed by atoms with Crippen LogP contribution in [-0.2, 0) is 16.0 Å². The summed E-state index contributed by atoms with van der Waals surface area (Å²) < 4.78 is 4.65. The Labute approximate surface area is 149 Å². The zero-order chi connectivity index (χ0) is 17.7. The van der Waals surface area contributed by atoms with Crippen LogP contribution < -0.4 is 5.32 Å². The maximum Gasteiger partial charge on any atom is 0.305 e. The van der Waals surface area contributed by atoms with E-state index in [9.17, 15) is 4.79 Å². The summed E-state index contributed by atoms with van der Waals surface area (Å²) in [5.41, 5.74) is 3.27. The zero-order valence-electron chi connectivity index (χ0n) is 14.8. The number of rotatable bonds is 10. The van der Waals surface area contributed by atoms with Crippen molar-refractivity contribution in [1.29, 1.82) is 0 Å². The van der Waals surface area contributed by atoms with Gasteiger partial charge in [0.2, 0.25) is 0 Å². The Hall–Kier alpha value is -2.62. The minimum absolute atomic E-state index is 0.167. The molecule has 0 aliphatic heterocycles. The number of hydrogen-bond donors (Lipinski definition) is 1. The molecule has 0 bridgehead atoms. The number of allylic oxidation sites excluding steroid dienone is 1. The lowest BCUT2D eigenvalue weighted by Crippen LogP contribution is -2.03. The molecule has 0 fully saturated rings. The van der Waals surface area contributed by atoms with E-state index in [2.05, 4.69) is 51.5 Å². The van der Waals surface area contributed by atoms with Crippen molar-refractivity contribution in [2.75, 3.05) is 19.0 Å². The smallest absolute Gasteiger partial charge is 0.305 e. The topological polar surface area (TPSA) is 51.2 Å². The zero-order valence-corrected chi connectivity index (χ0v) is 14.8. The molecule has 0 aliphatic rings. The van der Waals surface area contributed by atoms with Gasteiger partial charge in [0.05, 0.1) is 12.8 Å². The van der Waals surface area contributed by atoms with Crippen LogP contribution in [0.15, 0.2) is 54.7 Å². The Bertz CT molecular complexity index is 651. The van der Waals surface area contributed by atoms with Crippen LogP contribution in [0, 0.1) is 0 Å². The number of pyridine rings is 1. The molecule has 0 saturated heterocycles. The van der Waals surface area contributed by atoms with Gasteiger partial charge in [0, 0.05) is 24.8 Å². The first-order valence-electron chi connectivity index (χ1n) is 8.75. The SMILES string of the molecule is COC(=O)CCc1ccc(NCCCCC=Cc2ccccn2)cc1. The highest BCUT2D eigenvalue weighted by Crippen LogP contribution is 2.12. The summed E-state index contributed by atoms with van der Waals surface area (Å²) >= 11 is 0. The summed E-state index contributed by atoms with van der Waals surface area (Å²) in [6, 6.07) is 14.2. The number of carbonyl (C=O) groups is 1. The molecule has 4 heteroatoms. The van der Waals surface area contributed by atoms with Crippen LogP contribution in [0.3, 0.4) is 0 Å². The predicted molar refractivity (Wildman–Crippen MR) is 102 cm³/mol. The van der Waals surface area contributed by atoms with Crippen molar-refractivity contribution < 1.29 is 9.53 Å². The van der Waals surface area contributed by atoms with Crippen LogP contribution in [0.1, 0.15) is 36.9 Å². The number of benzene rings is 1. The van der Waals surface area contributed by atoms with Crippen LogP contribution in [0.25, 0.3) is 6.08 Å². The van der Waals surface area contributed by atoms with Crippen LogP contribution >= 0.6 is 0 Å². The number of nitrogens with one attached hydrogen (secondary N) is 1. The van der Waals surface area contributed by atoms with Gasteiger partial charge < -0.3 is 10.1 Å². The lowest BCUT2D eigenvalue weighted by Gasteiger charge is -2.07. The van der Waals surface area contributed by atoms with Gasteiger partial charge in [0.15, 0.2) is 0 Å². The third kappa shape index (κ3) is 7.66. The number of unbranched alkanes of at least 4 members (excludes halogenated alkanes) is 2. The van der Waals surface area contributed by atoms with Crippen molar-refractivity contribution >= 4 is 17.7 Å². The Kier molecular flexibility index (Phi) is 8.25. The van der Waals surface area contributed by atoms with Crippen molar-refractivity contribution in [3.8, 4) is 0 Å². The Morgan fingerprint density at radius 3 is 2.72 bits per heavy atom. The molecular weight excluding hydrogens is 312 g/mol. The van der Waals surface area contributed by atoms with Crippen molar-refractivity contribution in [2.24, 2.45) is 0 Å². The maximum absolute atomic E-state index is 11.1. The summed E-state index contributed by atoms with van der Waals surface area (Å²) in [4.78, 5) is 15.4. The van der Waals surface area contributed by atoms with Gasteiger partial charge in [-0.2, -0.15) is 0 Å². The highest BCUT2D eigenvalue weighted by atomic mass is 16.5. The van der Waals surface area contributed by atoms with Crippen molar-refractivity contribution in [2.45, 2.75) is 32.1 Å². The molecular formula is C21H26N2O2. The molecule has 2 aromatic rings. The first kappa shape index (κ1) is 18.7. The van der Waals surface area contributed by atoms with Gasteiger partial charge in [-0.15, -0.1) is 0 Å². The standard InChI is InChI=1S/C21H26N2O2/c1-25-21(24)15-12-18-10-13-20(14-11-18)23-16-6-3-2-4-8-19-9-5-7-17-22-19/h4-5,7-11,13-14,17,23H,2-3,6,12,15-16H2,1H3. The average molecular weight is 338 g/mol. The van der Waals surface area contributed by atoms with E-state index in [0.717, 1.165) is 49.2 Å². The second-order valence-corrected chi connectivity index (χ2v) is 5.85. The molecule has 25 heavy (non-hydrogen) atoms. The molecule has 0 saturated carbocycles. The Balaban J connectivity index is 1.58. The lowest BCUT2D eigenvalue weighted by atomic mass is 10.1. The summed E-state index contributed by atoms with van der Waals surface area (Å²) in [6.45, 7) is 0.957. The van der Waals surface area contributed by atoms with E-state index in [4.69, 9.17) is 0 Å². The van der Waals surface area contributed by atoms with Gasteiger partial charge in [-0.3, -0.25) is 9.78 Å². The Morgan fingerprint density at radius 2 is 2.00 bits per heavy atom. The van der Waals surface area contributed by atoms with Crippen LogP contribution in [-0.4, -0.2) is 24.6 Å². The van der Waals surface area contributed by atoms with Crippen LogP contribution in [0.2, 0.25) is 0 Å². The monoisotopic (exact) mass is 338 g/mol. The van der Waals surface area contributed by atoms with Gasteiger partial charge in [-0.25, -0.2) is 0 Å². The number of nitrogens with zero attached hydrogens (tertiary/aromatic N) is 1. The van der Waals surface area contributed by atoms with E-state index >= 15 is 0 Å². The van der Waals surface area contributed by atoms with Gasteiger partial charge in [-0.1, -0.05) is 24.3 Å².